The lowest BCUT2D eigenvalue weighted by atomic mass is 10.2. The summed E-state index contributed by atoms with van der Waals surface area (Å²) in [5.74, 6) is -5.77. The van der Waals surface area contributed by atoms with Gasteiger partial charge in [-0.3, -0.25) is 9.59 Å². The summed E-state index contributed by atoms with van der Waals surface area (Å²) in [7, 11) is 0. The van der Waals surface area contributed by atoms with E-state index in [4.69, 9.17) is 0 Å². The maximum atomic E-state index is 12.9. The molecule has 1 N–H and O–H groups in total. The number of nitrogens with zero attached hydrogens (tertiary/aromatic N) is 2. The van der Waals surface area contributed by atoms with Crippen molar-refractivity contribution in [3.05, 3.63) is 40.2 Å². The van der Waals surface area contributed by atoms with Crippen LogP contribution in [0.15, 0.2) is 34.2 Å². The Kier molecular flexibility index (Phi) is 5.30. The number of halogens is 5. The Balaban J connectivity index is 1.92. The number of anilines is 1. The first kappa shape index (κ1) is 21.0. The van der Waals surface area contributed by atoms with Crippen molar-refractivity contribution in [2.45, 2.75) is 23.7 Å². The number of hydrogen-bond acceptors (Lipinski definition) is 5. The molecule has 29 heavy (non-hydrogen) atoms. The second kappa shape index (κ2) is 7.30. The molecule has 0 fully saturated rings. The first-order valence-corrected chi connectivity index (χ1v) is 9.43. The number of ether oxygens (including phenoxy) is 1. The quantitative estimate of drug-likeness (QED) is 0.439. The first-order valence-electron chi connectivity index (χ1n) is 7.88. The van der Waals surface area contributed by atoms with Crippen LogP contribution in [0.3, 0.4) is 0 Å². The minimum atomic E-state index is -5.75. The SMILES string of the molecule is C[S+]([O-])c1nc2c(c(=O)n1-c1ccc(OCC(F)(F)C(F)(F)F)cc1)CC(=O)N2. The molecular weight excluding hydrogens is 425 g/mol. The van der Waals surface area contributed by atoms with Gasteiger partial charge in [-0.1, -0.05) is 0 Å². The molecule has 0 saturated heterocycles. The van der Waals surface area contributed by atoms with Crippen molar-refractivity contribution in [3.63, 3.8) is 0 Å². The fourth-order valence-electron chi connectivity index (χ4n) is 2.50. The second-order valence-corrected chi connectivity index (χ2v) is 7.30. The van der Waals surface area contributed by atoms with E-state index in [1.54, 1.807) is 0 Å². The van der Waals surface area contributed by atoms with Crippen molar-refractivity contribution in [2.24, 2.45) is 0 Å². The minimum Gasteiger partial charge on any atom is -0.609 e. The number of benzene rings is 1. The number of hydrogen-bond donors (Lipinski definition) is 1. The van der Waals surface area contributed by atoms with Crippen LogP contribution in [0.4, 0.5) is 27.8 Å². The maximum Gasteiger partial charge on any atom is 0.456 e. The highest BCUT2D eigenvalue weighted by molar-refractivity contribution is 7.90. The normalized spacial score (nSPS) is 15.1. The number of carbonyl (C=O) groups is 1. The predicted octanol–water partition coefficient (Wildman–Crippen LogP) is 2.04. The van der Waals surface area contributed by atoms with Crippen LogP contribution in [0, 0.1) is 0 Å². The first-order chi connectivity index (χ1) is 13.4. The van der Waals surface area contributed by atoms with E-state index >= 15 is 0 Å². The maximum absolute atomic E-state index is 12.9. The van der Waals surface area contributed by atoms with E-state index in [0.29, 0.717) is 0 Å². The largest absolute Gasteiger partial charge is 0.609 e. The van der Waals surface area contributed by atoms with Gasteiger partial charge in [-0.25, -0.2) is 4.57 Å². The molecule has 1 amide bonds. The zero-order valence-corrected chi connectivity index (χ0v) is 15.4. The van der Waals surface area contributed by atoms with Gasteiger partial charge in [0, 0.05) is 11.2 Å². The zero-order valence-electron chi connectivity index (χ0n) is 14.5. The molecule has 2 aromatic rings. The van der Waals surface area contributed by atoms with E-state index < -0.39 is 41.3 Å². The molecule has 156 valence electrons. The standard InChI is InChI=1S/C16H12F5N3O4S/c1-29(27)14-23-12-10(6-11(25)22-12)13(26)24(14)8-2-4-9(5-3-8)28-7-15(17,18)16(19,20)21/h2-5H,6-7H2,1H3,(H,22,25). The van der Waals surface area contributed by atoms with Crippen LogP contribution in [-0.2, 0) is 22.4 Å². The number of rotatable bonds is 5. The number of amides is 1. The third-order valence-corrected chi connectivity index (χ3v) is 4.72. The lowest BCUT2D eigenvalue weighted by Gasteiger charge is -2.20. The number of fused-ring (bicyclic) bond motifs is 1. The van der Waals surface area contributed by atoms with Crippen molar-refractivity contribution >= 4 is 22.9 Å². The van der Waals surface area contributed by atoms with Gasteiger partial charge in [-0.2, -0.15) is 26.9 Å². The summed E-state index contributed by atoms with van der Waals surface area (Å²) in [5, 5.41) is 2.21. The molecule has 1 atom stereocenters. The Morgan fingerprint density at radius 2 is 1.83 bits per heavy atom. The van der Waals surface area contributed by atoms with Crippen LogP contribution >= 0.6 is 0 Å². The van der Waals surface area contributed by atoms with Gasteiger partial charge >= 0.3 is 17.3 Å². The van der Waals surface area contributed by atoms with Crippen LogP contribution in [0.25, 0.3) is 5.69 Å². The summed E-state index contributed by atoms with van der Waals surface area (Å²) in [5.41, 5.74) is -0.477. The van der Waals surface area contributed by atoms with Crippen LogP contribution in [0.5, 0.6) is 5.75 Å². The fraction of sp³-hybridized carbons (Fsp3) is 0.312. The third-order valence-electron chi connectivity index (χ3n) is 3.93. The summed E-state index contributed by atoms with van der Waals surface area (Å²) in [6.07, 6.45) is -4.70. The Morgan fingerprint density at radius 3 is 2.38 bits per heavy atom. The summed E-state index contributed by atoms with van der Waals surface area (Å²) in [6.45, 7) is -1.91. The summed E-state index contributed by atoms with van der Waals surface area (Å²) in [4.78, 5) is 28.3. The van der Waals surface area contributed by atoms with Gasteiger partial charge in [0.2, 0.25) is 5.91 Å². The highest BCUT2D eigenvalue weighted by atomic mass is 32.2. The lowest BCUT2D eigenvalue weighted by molar-refractivity contribution is -0.290. The van der Waals surface area contributed by atoms with E-state index in [1.807, 2.05) is 0 Å². The molecule has 7 nitrogen and oxygen atoms in total. The molecular formula is C16H12F5N3O4S. The van der Waals surface area contributed by atoms with Gasteiger partial charge in [-0.15, -0.1) is 0 Å². The Hall–Kier alpha value is -2.67. The Morgan fingerprint density at radius 1 is 1.21 bits per heavy atom. The van der Waals surface area contributed by atoms with E-state index in [9.17, 15) is 36.1 Å². The monoisotopic (exact) mass is 437 g/mol. The molecule has 1 aromatic heterocycles. The van der Waals surface area contributed by atoms with Crippen molar-refractivity contribution < 1.29 is 36.0 Å². The lowest BCUT2D eigenvalue weighted by Crippen LogP contribution is -2.41. The third kappa shape index (κ3) is 4.05. The van der Waals surface area contributed by atoms with E-state index in [1.165, 1.54) is 18.4 Å². The van der Waals surface area contributed by atoms with Gasteiger partial charge < -0.3 is 14.6 Å². The molecule has 13 heteroatoms. The van der Waals surface area contributed by atoms with Gasteiger partial charge in [0.25, 0.3) is 5.56 Å². The van der Waals surface area contributed by atoms with E-state index in [-0.39, 0.29) is 34.4 Å². The highest BCUT2D eigenvalue weighted by Crippen LogP contribution is 2.35. The van der Waals surface area contributed by atoms with Crippen molar-refractivity contribution in [2.75, 3.05) is 18.2 Å². The zero-order chi connectivity index (χ0) is 21.6. The van der Waals surface area contributed by atoms with Gasteiger partial charge in [-0.05, 0) is 24.3 Å². The van der Waals surface area contributed by atoms with Crippen molar-refractivity contribution in [3.8, 4) is 11.4 Å². The van der Waals surface area contributed by atoms with Gasteiger partial charge in [0.05, 0.1) is 17.7 Å². The Bertz CT molecular complexity index is 1010. The molecule has 0 radical (unpaired) electrons. The van der Waals surface area contributed by atoms with Crippen LogP contribution < -0.4 is 15.6 Å². The number of alkyl halides is 5. The molecule has 1 aliphatic heterocycles. The topological polar surface area (TPSA) is 96.3 Å². The molecule has 2 heterocycles. The van der Waals surface area contributed by atoms with Crippen LogP contribution in [0.1, 0.15) is 5.56 Å². The Labute approximate surface area is 162 Å². The molecule has 1 aliphatic rings. The van der Waals surface area contributed by atoms with Gasteiger partial charge in [0.1, 0.15) is 17.8 Å². The number of carbonyl (C=O) groups excluding carboxylic acids is 1. The second-order valence-electron chi connectivity index (χ2n) is 6.03. The summed E-state index contributed by atoms with van der Waals surface area (Å²) < 4.78 is 79.9. The van der Waals surface area contributed by atoms with Crippen LogP contribution in [-0.4, -0.2) is 45.0 Å². The summed E-state index contributed by atoms with van der Waals surface area (Å²) >= 11 is -1.74. The molecule has 1 unspecified atom stereocenters. The molecule has 0 spiro atoms. The molecule has 0 bridgehead atoms. The number of aromatic nitrogens is 2. The van der Waals surface area contributed by atoms with Crippen molar-refractivity contribution in [1.82, 2.24) is 9.55 Å². The average molecular weight is 437 g/mol. The minimum absolute atomic E-state index is 0.00999. The van der Waals surface area contributed by atoms with Gasteiger partial charge in [0.15, 0.2) is 6.61 Å². The number of nitrogens with one attached hydrogen (secondary N) is 1. The van der Waals surface area contributed by atoms with Crippen LogP contribution in [0.2, 0.25) is 0 Å². The predicted molar refractivity (Wildman–Crippen MR) is 91.0 cm³/mol. The van der Waals surface area contributed by atoms with E-state index in [0.717, 1.165) is 16.7 Å². The highest BCUT2D eigenvalue weighted by Gasteiger charge is 2.58. The molecule has 1 aromatic carbocycles. The van der Waals surface area contributed by atoms with E-state index in [2.05, 4.69) is 15.0 Å². The average Bonchev–Trinajstić information content (AvgIpc) is 3.00. The molecule has 3 rings (SSSR count). The molecule has 0 saturated carbocycles. The fourth-order valence-corrected chi connectivity index (χ4v) is 3.17. The smallest absolute Gasteiger partial charge is 0.456 e. The summed E-state index contributed by atoms with van der Waals surface area (Å²) in [6, 6.07) is 4.56. The molecule has 0 aliphatic carbocycles. The van der Waals surface area contributed by atoms with Crippen molar-refractivity contribution in [1.29, 1.82) is 0 Å².